The van der Waals surface area contributed by atoms with E-state index in [0.717, 1.165) is 26.2 Å². The van der Waals surface area contributed by atoms with Crippen LogP contribution in [0.5, 0.6) is 0 Å². The first kappa shape index (κ1) is 18.5. The van der Waals surface area contributed by atoms with Crippen LogP contribution in [0.3, 0.4) is 0 Å². The predicted octanol–water partition coefficient (Wildman–Crippen LogP) is 6.22. The molecule has 4 rings (SSSR count). The maximum atomic E-state index is 13.4. The van der Waals surface area contributed by atoms with Crippen LogP contribution >= 0.6 is 27.3 Å². The molecule has 0 amide bonds. The van der Waals surface area contributed by atoms with E-state index in [2.05, 4.69) is 31.2 Å². The van der Waals surface area contributed by atoms with Gasteiger partial charge >= 0.3 is 0 Å². The summed E-state index contributed by atoms with van der Waals surface area (Å²) in [5.74, 6) is 0.214. The number of nitro groups is 1. The molecule has 9 heteroatoms. The molecule has 0 bridgehead atoms. The van der Waals surface area contributed by atoms with Gasteiger partial charge in [-0.3, -0.25) is 10.1 Å². The van der Waals surface area contributed by atoms with Gasteiger partial charge in [-0.15, -0.1) is 11.3 Å². The molecule has 2 aromatic heterocycles. The molecule has 0 saturated heterocycles. The molecule has 0 atom stereocenters. The molecule has 4 aromatic rings. The van der Waals surface area contributed by atoms with E-state index in [-0.39, 0.29) is 11.5 Å². The fraction of sp³-hybridized carbons (Fsp3) is 0.0526. The number of anilines is 2. The number of thiophene rings is 1. The van der Waals surface area contributed by atoms with Gasteiger partial charge in [0.2, 0.25) is 0 Å². The summed E-state index contributed by atoms with van der Waals surface area (Å²) in [4.78, 5) is 21.1. The molecule has 0 aliphatic heterocycles. The van der Waals surface area contributed by atoms with E-state index in [1.54, 1.807) is 18.2 Å². The van der Waals surface area contributed by atoms with Gasteiger partial charge in [0.15, 0.2) is 0 Å². The second-order valence-electron chi connectivity index (χ2n) is 5.99. The zero-order valence-corrected chi connectivity index (χ0v) is 16.8. The smallest absolute Gasteiger partial charge is 0.271 e. The highest BCUT2D eigenvalue weighted by Crippen LogP contribution is 2.41. The highest BCUT2D eigenvalue weighted by molar-refractivity contribution is 9.10. The zero-order valence-electron chi connectivity index (χ0n) is 14.4. The van der Waals surface area contributed by atoms with Crippen LogP contribution in [0.15, 0.2) is 53.3 Å². The topological polar surface area (TPSA) is 81.0 Å². The number of hydrogen-bond donors (Lipinski definition) is 1. The number of halogens is 2. The number of fused-ring (bicyclic) bond motifs is 1. The second kappa shape index (κ2) is 7.25. The first-order valence-corrected chi connectivity index (χ1v) is 9.76. The Morgan fingerprint density at radius 1 is 1.18 bits per heavy atom. The molecular formula is C19H12BrFN4O2S. The molecule has 0 spiro atoms. The lowest BCUT2D eigenvalue weighted by Gasteiger charge is -2.10. The molecule has 28 heavy (non-hydrogen) atoms. The Labute approximate surface area is 171 Å². The average molecular weight is 459 g/mol. The average Bonchev–Trinajstić information content (AvgIpc) is 3.01. The van der Waals surface area contributed by atoms with E-state index < -0.39 is 4.92 Å². The Morgan fingerprint density at radius 2 is 1.93 bits per heavy atom. The van der Waals surface area contributed by atoms with Crippen LogP contribution in [0.4, 0.5) is 21.6 Å². The molecule has 2 aromatic carbocycles. The van der Waals surface area contributed by atoms with E-state index in [1.165, 1.54) is 41.9 Å². The van der Waals surface area contributed by atoms with Crippen molar-refractivity contribution in [1.82, 2.24) is 9.97 Å². The zero-order chi connectivity index (χ0) is 19.8. The van der Waals surface area contributed by atoms with Crippen LogP contribution in [-0.2, 0) is 0 Å². The number of aromatic nitrogens is 2. The van der Waals surface area contributed by atoms with Gasteiger partial charge in [-0.25, -0.2) is 14.4 Å². The van der Waals surface area contributed by atoms with E-state index in [0.29, 0.717) is 16.0 Å². The SMILES string of the molecule is Cc1sc2ncnc(Nc3cc([N+](=O)[O-])ccc3Br)c2c1-c1ccc(F)cc1. The summed E-state index contributed by atoms with van der Waals surface area (Å²) in [6.07, 6.45) is 1.44. The van der Waals surface area contributed by atoms with E-state index in [9.17, 15) is 14.5 Å². The van der Waals surface area contributed by atoms with Crippen molar-refractivity contribution in [1.29, 1.82) is 0 Å². The van der Waals surface area contributed by atoms with Crippen LogP contribution in [0, 0.1) is 22.9 Å². The molecule has 0 unspecified atom stereocenters. The number of non-ortho nitro benzene ring substituents is 1. The molecule has 1 N–H and O–H groups in total. The first-order valence-electron chi connectivity index (χ1n) is 8.15. The number of benzene rings is 2. The number of nitro benzene ring substituents is 1. The third kappa shape index (κ3) is 3.34. The fourth-order valence-corrected chi connectivity index (χ4v) is 4.31. The minimum absolute atomic E-state index is 0.0312. The molecule has 0 aliphatic carbocycles. The Kier molecular flexibility index (Phi) is 4.78. The molecule has 0 radical (unpaired) electrons. The number of aryl methyl sites for hydroxylation is 1. The van der Waals surface area contributed by atoms with Crippen LogP contribution in [0.25, 0.3) is 21.3 Å². The third-order valence-electron chi connectivity index (χ3n) is 4.21. The summed E-state index contributed by atoms with van der Waals surface area (Å²) in [5, 5.41) is 15.1. The van der Waals surface area contributed by atoms with E-state index in [4.69, 9.17) is 0 Å². The second-order valence-corrected chi connectivity index (χ2v) is 8.05. The van der Waals surface area contributed by atoms with Crippen LogP contribution in [0.2, 0.25) is 0 Å². The summed E-state index contributed by atoms with van der Waals surface area (Å²) < 4.78 is 14.0. The van der Waals surface area contributed by atoms with Crippen molar-refractivity contribution in [2.75, 3.05) is 5.32 Å². The lowest BCUT2D eigenvalue weighted by atomic mass is 10.0. The molecule has 0 aliphatic rings. The third-order valence-corrected chi connectivity index (χ3v) is 5.92. The van der Waals surface area contributed by atoms with Crippen molar-refractivity contribution in [3.63, 3.8) is 0 Å². The van der Waals surface area contributed by atoms with Gasteiger partial charge < -0.3 is 5.32 Å². The molecular weight excluding hydrogens is 447 g/mol. The van der Waals surface area contributed by atoms with Crippen LogP contribution in [0.1, 0.15) is 4.88 Å². The number of nitrogens with one attached hydrogen (secondary N) is 1. The first-order chi connectivity index (χ1) is 13.4. The monoisotopic (exact) mass is 458 g/mol. The largest absolute Gasteiger partial charge is 0.338 e. The lowest BCUT2D eigenvalue weighted by Crippen LogP contribution is -1.98. The minimum atomic E-state index is -0.453. The highest BCUT2D eigenvalue weighted by Gasteiger charge is 2.18. The Hall–Kier alpha value is -2.91. The Balaban J connectivity index is 1.88. The molecule has 0 saturated carbocycles. The fourth-order valence-electron chi connectivity index (χ4n) is 2.95. The maximum Gasteiger partial charge on any atom is 0.271 e. The lowest BCUT2D eigenvalue weighted by molar-refractivity contribution is -0.384. The minimum Gasteiger partial charge on any atom is -0.338 e. The van der Waals surface area contributed by atoms with Gasteiger partial charge in [-0.1, -0.05) is 12.1 Å². The molecule has 6 nitrogen and oxygen atoms in total. The normalized spacial score (nSPS) is 11.0. The van der Waals surface area contributed by atoms with Gasteiger partial charge in [-0.2, -0.15) is 0 Å². The summed E-state index contributed by atoms with van der Waals surface area (Å²) in [7, 11) is 0. The Morgan fingerprint density at radius 3 is 2.64 bits per heavy atom. The predicted molar refractivity (Wildman–Crippen MR) is 112 cm³/mol. The standard InChI is InChI=1S/C19H12BrFN4O2S/c1-10-16(11-2-4-12(21)5-3-11)17-18(22-9-23-19(17)28-10)24-15-8-13(25(26)27)6-7-14(15)20/h2-9H,1H3,(H,22,23,24). The van der Waals surface area contributed by atoms with Crippen molar-refractivity contribution in [2.24, 2.45) is 0 Å². The number of rotatable bonds is 4. The van der Waals surface area contributed by atoms with Gasteiger partial charge in [0, 0.05) is 27.0 Å². The van der Waals surface area contributed by atoms with Crippen molar-refractivity contribution in [3.8, 4) is 11.1 Å². The van der Waals surface area contributed by atoms with Crippen molar-refractivity contribution in [3.05, 3.63) is 74.1 Å². The number of nitrogens with zero attached hydrogens (tertiary/aromatic N) is 3. The maximum absolute atomic E-state index is 13.4. The van der Waals surface area contributed by atoms with E-state index >= 15 is 0 Å². The van der Waals surface area contributed by atoms with Gasteiger partial charge in [-0.05, 0) is 46.6 Å². The highest BCUT2D eigenvalue weighted by atomic mass is 79.9. The van der Waals surface area contributed by atoms with Crippen molar-refractivity contribution in [2.45, 2.75) is 6.92 Å². The molecule has 140 valence electrons. The quantitative estimate of drug-likeness (QED) is 0.290. The van der Waals surface area contributed by atoms with Gasteiger partial charge in [0.1, 0.15) is 22.8 Å². The van der Waals surface area contributed by atoms with Crippen LogP contribution < -0.4 is 5.32 Å². The van der Waals surface area contributed by atoms with Crippen LogP contribution in [-0.4, -0.2) is 14.9 Å². The van der Waals surface area contributed by atoms with E-state index in [1.807, 2.05) is 6.92 Å². The summed E-state index contributed by atoms with van der Waals surface area (Å²) >= 11 is 4.92. The van der Waals surface area contributed by atoms with Crippen molar-refractivity contribution < 1.29 is 9.31 Å². The summed E-state index contributed by atoms with van der Waals surface area (Å²) in [6.45, 7) is 1.97. The summed E-state index contributed by atoms with van der Waals surface area (Å²) in [5.41, 5.74) is 2.24. The molecule has 2 heterocycles. The van der Waals surface area contributed by atoms with Gasteiger partial charge in [0.05, 0.1) is 16.0 Å². The summed E-state index contributed by atoms with van der Waals surface area (Å²) in [6, 6.07) is 10.7. The van der Waals surface area contributed by atoms with Gasteiger partial charge in [0.25, 0.3) is 5.69 Å². The van der Waals surface area contributed by atoms with Crippen molar-refractivity contribution >= 4 is 54.7 Å². The molecule has 0 fully saturated rings. The number of hydrogen-bond acceptors (Lipinski definition) is 6. The Bertz CT molecular complexity index is 1210.